The lowest BCUT2D eigenvalue weighted by atomic mass is 10.1. The SMILES string of the molecule is COc1nc[n+]([O-])cc1-c1ccccc1. The third kappa shape index (κ3) is 1.88. The van der Waals surface area contributed by atoms with Gasteiger partial charge < -0.3 is 9.94 Å². The summed E-state index contributed by atoms with van der Waals surface area (Å²) in [6.45, 7) is 0. The molecule has 0 radical (unpaired) electrons. The maximum Gasteiger partial charge on any atom is 0.339 e. The van der Waals surface area contributed by atoms with Crippen LogP contribution in [0.5, 0.6) is 5.88 Å². The topological polar surface area (TPSA) is 49.1 Å². The standard InChI is InChI=1S/C11H10N2O2/c1-15-11-10(7-13(14)8-12-11)9-5-3-2-4-6-9/h2-8H,1H3. The van der Waals surface area contributed by atoms with Crippen molar-refractivity contribution in [2.75, 3.05) is 7.11 Å². The minimum absolute atomic E-state index is 0.452. The number of hydrogen-bond acceptors (Lipinski definition) is 3. The Morgan fingerprint density at radius 1 is 1.27 bits per heavy atom. The van der Waals surface area contributed by atoms with Crippen LogP contribution in [-0.4, -0.2) is 12.1 Å². The summed E-state index contributed by atoms with van der Waals surface area (Å²) in [4.78, 5) is 3.90. The van der Waals surface area contributed by atoms with Gasteiger partial charge in [-0.05, 0) is 10.5 Å². The first-order valence-electron chi connectivity index (χ1n) is 4.49. The fourth-order valence-corrected chi connectivity index (χ4v) is 1.37. The van der Waals surface area contributed by atoms with Gasteiger partial charge in [-0.2, -0.15) is 0 Å². The number of aromatic nitrogens is 2. The smallest absolute Gasteiger partial charge is 0.339 e. The van der Waals surface area contributed by atoms with Crippen LogP contribution in [0.15, 0.2) is 42.9 Å². The van der Waals surface area contributed by atoms with Gasteiger partial charge in [0.2, 0.25) is 0 Å². The molecule has 0 N–H and O–H groups in total. The first kappa shape index (κ1) is 9.45. The molecular weight excluding hydrogens is 192 g/mol. The summed E-state index contributed by atoms with van der Waals surface area (Å²) in [5.74, 6) is 0.452. The molecule has 0 unspecified atom stereocenters. The average molecular weight is 202 g/mol. The molecule has 0 amide bonds. The number of rotatable bonds is 2. The Kier molecular flexibility index (Phi) is 2.49. The van der Waals surface area contributed by atoms with Crippen LogP contribution < -0.4 is 9.47 Å². The molecule has 0 atom stereocenters. The molecule has 0 fully saturated rings. The molecule has 4 nitrogen and oxygen atoms in total. The van der Waals surface area contributed by atoms with Gasteiger partial charge in [0.05, 0.1) is 7.11 Å². The van der Waals surface area contributed by atoms with E-state index in [9.17, 15) is 5.21 Å². The second-order valence-electron chi connectivity index (χ2n) is 3.02. The molecule has 76 valence electrons. The quantitative estimate of drug-likeness (QED) is 0.546. The van der Waals surface area contributed by atoms with Gasteiger partial charge in [-0.15, -0.1) is 0 Å². The molecule has 0 saturated carbocycles. The molecule has 0 aliphatic carbocycles. The Hall–Kier alpha value is -2.10. The summed E-state index contributed by atoms with van der Waals surface area (Å²) in [6.07, 6.45) is 2.62. The molecule has 0 aliphatic rings. The molecular formula is C11H10N2O2. The first-order chi connectivity index (χ1) is 7.31. The van der Waals surface area contributed by atoms with E-state index in [1.807, 2.05) is 30.3 Å². The second-order valence-corrected chi connectivity index (χ2v) is 3.02. The lowest BCUT2D eigenvalue weighted by Gasteiger charge is -2.05. The predicted octanol–water partition coefficient (Wildman–Crippen LogP) is 1.39. The van der Waals surface area contributed by atoms with Crippen molar-refractivity contribution >= 4 is 0 Å². The zero-order chi connectivity index (χ0) is 10.7. The minimum Gasteiger partial charge on any atom is -0.711 e. The van der Waals surface area contributed by atoms with Crippen LogP contribution in [0.1, 0.15) is 0 Å². The molecule has 1 aromatic heterocycles. The summed E-state index contributed by atoms with van der Waals surface area (Å²) < 4.78 is 5.75. The highest BCUT2D eigenvalue weighted by atomic mass is 16.5. The summed E-state index contributed by atoms with van der Waals surface area (Å²) in [6, 6.07) is 9.52. The second kappa shape index (κ2) is 3.96. The van der Waals surface area contributed by atoms with Gasteiger partial charge in [-0.1, -0.05) is 30.3 Å². The van der Waals surface area contributed by atoms with Crippen molar-refractivity contribution in [2.45, 2.75) is 0 Å². The van der Waals surface area contributed by atoms with Crippen molar-refractivity contribution in [1.29, 1.82) is 0 Å². The Bertz CT molecular complexity index is 457. The van der Waals surface area contributed by atoms with Crippen molar-refractivity contribution in [1.82, 2.24) is 4.98 Å². The highest BCUT2D eigenvalue weighted by molar-refractivity contribution is 5.66. The zero-order valence-electron chi connectivity index (χ0n) is 8.25. The number of nitrogens with zero attached hydrogens (tertiary/aromatic N) is 2. The highest BCUT2D eigenvalue weighted by Gasteiger charge is 2.12. The third-order valence-corrected chi connectivity index (χ3v) is 2.05. The van der Waals surface area contributed by atoms with E-state index in [1.54, 1.807) is 0 Å². The van der Waals surface area contributed by atoms with E-state index in [1.165, 1.54) is 19.6 Å². The number of hydrogen-bond donors (Lipinski definition) is 0. The highest BCUT2D eigenvalue weighted by Crippen LogP contribution is 2.25. The first-order valence-corrected chi connectivity index (χ1v) is 4.49. The van der Waals surface area contributed by atoms with Crippen molar-refractivity contribution in [3.63, 3.8) is 0 Å². The normalized spacial score (nSPS) is 9.93. The maximum absolute atomic E-state index is 11.1. The zero-order valence-corrected chi connectivity index (χ0v) is 8.25. The molecule has 2 aromatic rings. The number of ether oxygens (including phenoxy) is 1. The fourth-order valence-electron chi connectivity index (χ4n) is 1.37. The Balaban J connectivity index is 2.56. The summed E-state index contributed by atoms with van der Waals surface area (Å²) in [5, 5.41) is 11.1. The van der Waals surface area contributed by atoms with Crippen LogP contribution in [0.3, 0.4) is 0 Å². The van der Waals surface area contributed by atoms with E-state index in [2.05, 4.69) is 4.98 Å². The van der Waals surface area contributed by atoms with Crippen molar-refractivity contribution in [3.8, 4) is 17.0 Å². The molecule has 0 spiro atoms. The van der Waals surface area contributed by atoms with Gasteiger partial charge in [0.25, 0.3) is 6.33 Å². The van der Waals surface area contributed by atoms with Gasteiger partial charge in [-0.3, -0.25) is 0 Å². The largest absolute Gasteiger partial charge is 0.711 e. The van der Waals surface area contributed by atoms with Crippen molar-refractivity contribution in [2.24, 2.45) is 0 Å². The Labute approximate surface area is 87.4 Å². The van der Waals surface area contributed by atoms with E-state index in [-0.39, 0.29) is 0 Å². The van der Waals surface area contributed by atoms with Crippen molar-refractivity contribution < 1.29 is 9.47 Å². The molecule has 0 aliphatic heterocycles. The molecule has 1 aromatic carbocycles. The van der Waals surface area contributed by atoms with Crippen LogP contribution in [0.25, 0.3) is 11.1 Å². The van der Waals surface area contributed by atoms with Crippen LogP contribution in [0.2, 0.25) is 0 Å². The van der Waals surface area contributed by atoms with Crippen LogP contribution in [-0.2, 0) is 0 Å². The summed E-state index contributed by atoms with van der Waals surface area (Å²) >= 11 is 0. The molecule has 0 bridgehead atoms. The third-order valence-electron chi connectivity index (χ3n) is 2.05. The fraction of sp³-hybridized carbons (Fsp3) is 0.0909. The van der Waals surface area contributed by atoms with Crippen LogP contribution in [0.4, 0.5) is 0 Å². The van der Waals surface area contributed by atoms with Gasteiger partial charge in [0.15, 0.2) is 0 Å². The van der Waals surface area contributed by atoms with Crippen molar-refractivity contribution in [3.05, 3.63) is 48.1 Å². The van der Waals surface area contributed by atoms with E-state index in [4.69, 9.17) is 4.74 Å². The minimum atomic E-state index is 0.452. The number of benzene rings is 1. The maximum atomic E-state index is 11.1. The van der Waals surface area contributed by atoms with Crippen LogP contribution >= 0.6 is 0 Å². The van der Waals surface area contributed by atoms with E-state index < -0.39 is 0 Å². The summed E-state index contributed by atoms with van der Waals surface area (Å²) in [5.41, 5.74) is 1.60. The number of methoxy groups -OCH3 is 1. The predicted molar refractivity (Wildman–Crippen MR) is 55.2 cm³/mol. The van der Waals surface area contributed by atoms with E-state index in [0.29, 0.717) is 16.2 Å². The van der Waals surface area contributed by atoms with Gasteiger partial charge >= 0.3 is 5.88 Å². The molecule has 0 saturated heterocycles. The summed E-state index contributed by atoms with van der Waals surface area (Å²) in [7, 11) is 1.53. The van der Waals surface area contributed by atoms with E-state index >= 15 is 0 Å². The van der Waals surface area contributed by atoms with Gasteiger partial charge in [0.1, 0.15) is 11.8 Å². The van der Waals surface area contributed by atoms with Crippen LogP contribution in [0, 0.1) is 5.21 Å². The Morgan fingerprint density at radius 2 is 2.00 bits per heavy atom. The van der Waals surface area contributed by atoms with E-state index in [0.717, 1.165) is 5.56 Å². The lowest BCUT2D eigenvalue weighted by molar-refractivity contribution is -0.608. The lowest BCUT2D eigenvalue weighted by Crippen LogP contribution is -2.25. The molecule has 4 heteroatoms. The molecule has 1 heterocycles. The van der Waals surface area contributed by atoms with Gasteiger partial charge in [-0.25, -0.2) is 4.73 Å². The Morgan fingerprint density at radius 3 is 2.67 bits per heavy atom. The molecule has 2 rings (SSSR count). The monoisotopic (exact) mass is 202 g/mol. The molecule has 15 heavy (non-hydrogen) atoms. The van der Waals surface area contributed by atoms with Gasteiger partial charge in [0, 0.05) is 0 Å². The average Bonchev–Trinajstić information content (AvgIpc) is 2.30.